The molecule has 84 valence electrons. The molecular weight excluding hydrogens is 190 g/mol. The van der Waals surface area contributed by atoms with Crippen LogP contribution in [0, 0.1) is 0 Å². The van der Waals surface area contributed by atoms with Gasteiger partial charge < -0.3 is 4.74 Å². The summed E-state index contributed by atoms with van der Waals surface area (Å²) in [5.41, 5.74) is 1.43. The number of hydrogen-bond acceptors (Lipinski definition) is 3. The lowest BCUT2D eigenvalue weighted by Gasteiger charge is -2.10. The number of aromatic nitrogens is 1. The van der Waals surface area contributed by atoms with Crippen LogP contribution in [0.1, 0.15) is 49.7 Å². The molecule has 0 unspecified atom stereocenters. The number of rotatable bonds is 3. The Labute approximate surface area is 91.5 Å². The molecule has 1 aromatic rings. The fourth-order valence-corrected chi connectivity index (χ4v) is 1.13. The fraction of sp³-hybridized carbons (Fsp3) is 0.500. The number of pyridine rings is 1. The molecule has 1 heterocycles. The van der Waals surface area contributed by atoms with Crippen molar-refractivity contribution in [2.75, 3.05) is 7.11 Å². The number of aldehydes is 1. The molecule has 0 fully saturated rings. The fourth-order valence-electron chi connectivity index (χ4n) is 1.13. The van der Waals surface area contributed by atoms with Gasteiger partial charge in [-0.05, 0) is 12.0 Å². The van der Waals surface area contributed by atoms with Crippen molar-refractivity contribution in [3.63, 3.8) is 0 Å². The van der Waals surface area contributed by atoms with Crippen LogP contribution < -0.4 is 4.74 Å². The van der Waals surface area contributed by atoms with Gasteiger partial charge in [0.1, 0.15) is 5.75 Å². The summed E-state index contributed by atoms with van der Waals surface area (Å²) >= 11 is 0. The smallest absolute Gasteiger partial charge is 0.151 e. The van der Waals surface area contributed by atoms with Crippen molar-refractivity contribution in [2.24, 2.45) is 0 Å². The van der Waals surface area contributed by atoms with E-state index in [1.807, 2.05) is 27.7 Å². The zero-order valence-corrected chi connectivity index (χ0v) is 10.1. The van der Waals surface area contributed by atoms with Crippen LogP contribution in [-0.4, -0.2) is 18.4 Å². The van der Waals surface area contributed by atoms with E-state index in [1.165, 1.54) is 0 Å². The van der Waals surface area contributed by atoms with Crippen LogP contribution in [-0.2, 0) is 0 Å². The summed E-state index contributed by atoms with van der Waals surface area (Å²) < 4.78 is 5.13. The van der Waals surface area contributed by atoms with Crippen LogP contribution in [0.4, 0.5) is 0 Å². The first-order valence-corrected chi connectivity index (χ1v) is 5.18. The van der Waals surface area contributed by atoms with Crippen molar-refractivity contribution in [3.8, 4) is 5.75 Å². The monoisotopic (exact) mass is 209 g/mol. The second kappa shape index (κ2) is 6.98. The van der Waals surface area contributed by atoms with Crippen LogP contribution in [0.3, 0.4) is 0 Å². The number of nitrogens with zero attached hydrogens (tertiary/aromatic N) is 1. The van der Waals surface area contributed by atoms with Crippen molar-refractivity contribution >= 4 is 6.29 Å². The summed E-state index contributed by atoms with van der Waals surface area (Å²) in [6.07, 6.45) is 2.32. The molecule has 0 spiro atoms. The summed E-state index contributed by atoms with van der Waals surface area (Å²) in [5, 5.41) is 0. The Hall–Kier alpha value is -1.38. The molecule has 1 rings (SSSR count). The number of carbonyl (C=O) groups is 1. The van der Waals surface area contributed by atoms with Crippen molar-refractivity contribution in [1.82, 2.24) is 4.98 Å². The molecule has 0 bridgehead atoms. The Morgan fingerprint density at radius 3 is 2.40 bits per heavy atom. The predicted octanol–water partition coefficient (Wildman–Crippen LogP) is 3.05. The van der Waals surface area contributed by atoms with Crippen molar-refractivity contribution in [3.05, 3.63) is 23.5 Å². The van der Waals surface area contributed by atoms with Crippen LogP contribution in [0.25, 0.3) is 0 Å². The van der Waals surface area contributed by atoms with E-state index in [2.05, 4.69) is 4.98 Å². The van der Waals surface area contributed by atoms with Gasteiger partial charge in [0.2, 0.25) is 0 Å². The van der Waals surface area contributed by atoms with E-state index in [0.29, 0.717) is 17.2 Å². The highest BCUT2D eigenvalue weighted by atomic mass is 16.5. The summed E-state index contributed by atoms with van der Waals surface area (Å²) in [7, 11) is 1.58. The molecule has 0 saturated carbocycles. The van der Waals surface area contributed by atoms with E-state index in [9.17, 15) is 4.79 Å². The highest BCUT2D eigenvalue weighted by Crippen LogP contribution is 2.23. The lowest BCUT2D eigenvalue weighted by atomic mass is 10.1. The van der Waals surface area contributed by atoms with Crippen LogP contribution >= 0.6 is 0 Å². The lowest BCUT2D eigenvalue weighted by Crippen LogP contribution is -1.99. The van der Waals surface area contributed by atoms with Gasteiger partial charge in [-0.2, -0.15) is 0 Å². The first-order valence-electron chi connectivity index (χ1n) is 5.18. The quantitative estimate of drug-likeness (QED) is 0.718. The summed E-state index contributed by atoms with van der Waals surface area (Å²) in [6.45, 7) is 8.07. The Morgan fingerprint density at radius 2 is 2.00 bits per heavy atom. The largest absolute Gasteiger partial charge is 0.495 e. The SMILES string of the molecule is CC.COc1cc(C=O)cnc1C(C)C. The molecule has 0 N–H and O–H groups in total. The average Bonchev–Trinajstić information content (AvgIpc) is 2.30. The van der Waals surface area contributed by atoms with E-state index in [-0.39, 0.29) is 0 Å². The molecule has 0 aliphatic carbocycles. The van der Waals surface area contributed by atoms with Crippen LogP contribution in [0.5, 0.6) is 5.75 Å². The second-order valence-corrected chi connectivity index (χ2v) is 3.13. The van der Waals surface area contributed by atoms with Gasteiger partial charge >= 0.3 is 0 Å². The molecule has 0 atom stereocenters. The first-order chi connectivity index (χ1) is 7.19. The maximum Gasteiger partial charge on any atom is 0.151 e. The number of methoxy groups -OCH3 is 1. The van der Waals surface area contributed by atoms with E-state index < -0.39 is 0 Å². The summed E-state index contributed by atoms with van der Waals surface area (Å²) in [5.74, 6) is 0.982. The third kappa shape index (κ3) is 3.70. The maximum absolute atomic E-state index is 10.5. The second-order valence-electron chi connectivity index (χ2n) is 3.13. The average molecular weight is 209 g/mol. The normalized spacial score (nSPS) is 9.20. The molecule has 0 aliphatic heterocycles. The minimum atomic E-state index is 0.302. The molecule has 0 saturated heterocycles. The lowest BCUT2D eigenvalue weighted by molar-refractivity contribution is 0.112. The Morgan fingerprint density at radius 1 is 1.40 bits per heavy atom. The van der Waals surface area contributed by atoms with Gasteiger partial charge in [0.05, 0.1) is 12.8 Å². The third-order valence-corrected chi connectivity index (χ3v) is 1.81. The van der Waals surface area contributed by atoms with Crippen molar-refractivity contribution in [2.45, 2.75) is 33.6 Å². The molecule has 0 aromatic carbocycles. The minimum Gasteiger partial charge on any atom is -0.495 e. The predicted molar refractivity (Wildman–Crippen MR) is 61.6 cm³/mol. The van der Waals surface area contributed by atoms with Crippen LogP contribution in [0.15, 0.2) is 12.3 Å². The Balaban J connectivity index is 0.000000921. The zero-order chi connectivity index (χ0) is 11.8. The standard InChI is InChI=1S/C10H13NO2.C2H6/c1-7(2)10-9(13-3)4-8(6-12)5-11-10;1-2/h4-7H,1-3H3;1-2H3. The Kier molecular flexibility index (Phi) is 6.34. The van der Waals surface area contributed by atoms with E-state index in [0.717, 1.165) is 12.0 Å². The molecule has 0 radical (unpaired) electrons. The van der Waals surface area contributed by atoms with E-state index >= 15 is 0 Å². The molecule has 1 aromatic heterocycles. The molecule has 0 aliphatic rings. The maximum atomic E-state index is 10.5. The number of hydrogen-bond donors (Lipinski definition) is 0. The molecule has 3 nitrogen and oxygen atoms in total. The van der Waals surface area contributed by atoms with E-state index in [4.69, 9.17) is 4.74 Å². The van der Waals surface area contributed by atoms with Gasteiger partial charge in [-0.25, -0.2) is 0 Å². The van der Waals surface area contributed by atoms with Gasteiger partial charge in [-0.3, -0.25) is 9.78 Å². The molecule has 3 heteroatoms. The molecule has 15 heavy (non-hydrogen) atoms. The molecular formula is C12H19NO2. The Bertz CT molecular complexity index is 308. The van der Waals surface area contributed by atoms with Gasteiger partial charge in [0.15, 0.2) is 6.29 Å². The van der Waals surface area contributed by atoms with Gasteiger partial charge in [0, 0.05) is 11.8 Å². The van der Waals surface area contributed by atoms with Gasteiger partial charge in [-0.15, -0.1) is 0 Å². The highest BCUT2D eigenvalue weighted by Gasteiger charge is 2.08. The van der Waals surface area contributed by atoms with Crippen molar-refractivity contribution in [1.29, 1.82) is 0 Å². The third-order valence-electron chi connectivity index (χ3n) is 1.81. The topological polar surface area (TPSA) is 39.2 Å². The summed E-state index contributed by atoms with van der Waals surface area (Å²) in [4.78, 5) is 14.6. The number of ether oxygens (including phenoxy) is 1. The van der Waals surface area contributed by atoms with Gasteiger partial charge in [0.25, 0.3) is 0 Å². The minimum absolute atomic E-state index is 0.302. The first kappa shape index (κ1) is 13.6. The van der Waals surface area contributed by atoms with Crippen LogP contribution in [0.2, 0.25) is 0 Å². The number of carbonyl (C=O) groups excluding carboxylic acids is 1. The zero-order valence-electron chi connectivity index (χ0n) is 10.1. The molecule has 0 amide bonds. The highest BCUT2D eigenvalue weighted by molar-refractivity contribution is 5.75. The van der Waals surface area contributed by atoms with Gasteiger partial charge in [-0.1, -0.05) is 27.7 Å². The summed E-state index contributed by atoms with van der Waals surface area (Å²) in [6, 6.07) is 1.70. The van der Waals surface area contributed by atoms with E-state index in [1.54, 1.807) is 19.4 Å². The van der Waals surface area contributed by atoms with Crippen molar-refractivity contribution < 1.29 is 9.53 Å².